The lowest BCUT2D eigenvalue weighted by Gasteiger charge is -2.11. The van der Waals surface area contributed by atoms with Gasteiger partial charge in [-0.05, 0) is 18.1 Å². The molecule has 4 rings (SSSR count). The number of aromatic nitrogens is 5. The van der Waals surface area contributed by atoms with Crippen molar-refractivity contribution in [1.82, 2.24) is 24.5 Å². The molecule has 2 unspecified atom stereocenters. The number of hydrogen-bond acceptors (Lipinski definition) is 4. The van der Waals surface area contributed by atoms with Crippen molar-refractivity contribution >= 4 is 0 Å². The highest BCUT2D eigenvalue weighted by Crippen LogP contribution is 2.38. The third-order valence-corrected chi connectivity index (χ3v) is 4.05. The molecule has 1 aliphatic heterocycles. The summed E-state index contributed by atoms with van der Waals surface area (Å²) in [6, 6.07) is 14.2. The summed E-state index contributed by atoms with van der Waals surface area (Å²) < 4.78 is 3.54. The molecule has 1 aromatic carbocycles. The molecule has 0 N–H and O–H groups in total. The van der Waals surface area contributed by atoms with Gasteiger partial charge >= 0.3 is 0 Å². The minimum atomic E-state index is 0.207. The zero-order valence-corrected chi connectivity index (χ0v) is 12.1. The molecule has 2 aromatic heterocycles. The Kier molecular flexibility index (Phi) is 2.79. The van der Waals surface area contributed by atoms with Crippen LogP contribution in [0.15, 0.2) is 42.6 Å². The molecule has 0 fully saturated rings. The Morgan fingerprint density at radius 2 is 2.00 bits per heavy atom. The van der Waals surface area contributed by atoms with Gasteiger partial charge in [0.15, 0.2) is 5.69 Å². The Bertz CT molecular complexity index is 854. The van der Waals surface area contributed by atoms with Crippen LogP contribution in [0.25, 0.3) is 5.95 Å². The van der Waals surface area contributed by atoms with Gasteiger partial charge in [0.05, 0.1) is 6.04 Å². The Hall–Kier alpha value is -2.94. The average Bonchev–Trinajstić information content (AvgIpc) is 3.24. The van der Waals surface area contributed by atoms with Gasteiger partial charge in [-0.25, -0.2) is 9.36 Å². The summed E-state index contributed by atoms with van der Waals surface area (Å²) in [6.07, 6.45) is 2.72. The summed E-state index contributed by atoms with van der Waals surface area (Å²) in [7, 11) is 0. The minimum absolute atomic E-state index is 0.207. The summed E-state index contributed by atoms with van der Waals surface area (Å²) >= 11 is 0. The SMILES string of the molecule is CC1CC(c2ccccc2)n2nc(-n3ccc(C#N)n3)nc21. The van der Waals surface area contributed by atoms with E-state index in [9.17, 15) is 0 Å². The molecule has 6 heteroatoms. The van der Waals surface area contributed by atoms with E-state index in [0.29, 0.717) is 17.6 Å². The molecule has 6 nitrogen and oxygen atoms in total. The van der Waals surface area contributed by atoms with E-state index in [0.717, 1.165) is 12.2 Å². The van der Waals surface area contributed by atoms with Gasteiger partial charge in [-0.3, -0.25) is 0 Å². The second-order valence-electron chi connectivity index (χ2n) is 5.54. The van der Waals surface area contributed by atoms with Crippen LogP contribution in [-0.4, -0.2) is 24.5 Å². The van der Waals surface area contributed by atoms with Crippen LogP contribution >= 0.6 is 0 Å². The Balaban J connectivity index is 1.76. The van der Waals surface area contributed by atoms with E-state index in [4.69, 9.17) is 5.26 Å². The fraction of sp³-hybridized carbons (Fsp3) is 0.250. The van der Waals surface area contributed by atoms with Crippen LogP contribution < -0.4 is 0 Å². The number of hydrogen-bond donors (Lipinski definition) is 0. The Morgan fingerprint density at radius 3 is 2.73 bits per heavy atom. The zero-order valence-electron chi connectivity index (χ0n) is 12.1. The molecule has 0 radical (unpaired) electrons. The zero-order chi connectivity index (χ0) is 15.1. The van der Waals surface area contributed by atoms with E-state index in [1.807, 2.05) is 29.0 Å². The molecule has 2 atom stereocenters. The van der Waals surface area contributed by atoms with E-state index in [1.54, 1.807) is 16.9 Å². The van der Waals surface area contributed by atoms with Gasteiger partial charge in [-0.15, -0.1) is 5.10 Å². The van der Waals surface area contributed by atoms with Crippen molar-refractivity contribution in [3.8, 4) is 12.0 Å². The maximum Gasteiger partial charge on any atom is 0.269 e. The average molecular weight is 290 g/mol. The highest BCUT2D eigenvalue weighted by atomic mass is 15.5. The predicted molar refractivity (Wildman–Crippen MR) is 79.5 cm³/mol. The van der Waals surface area contributed by atoms with Crippen LogP contribution in [0.2, 0.25) is 0 Å². The molecule has 0 amide bonds. The standard InChI is InChI=1S/C16H14N6/c1-11-9-14(12-5-3-2-4-6-12)22-15(11)18-16(20-22)21-8-7-13(10-17)19-21/h2-8,11,14H,9H2,1H3. The lowest BCUT2D eigenvalue weighted by atomic mass is 10.0. The molecule has 0 aliphatic carbocycles. The molecule has 0 spiro atoms. The largest absolute Gasteiger partial charge is 0.269 e. The molecular formula is C16H14N6. The molecule has 0 bridgehead atoms. The van der Waals surface area contributed by atoms with E-state index in [1.165, 1.54) is 5.56 Å². The third-order valence-electron chi connectivity index (χ3n) is 4.05. The van der Waals surface area contributed by atoms with Crippen LogP contribution in [0, 0.1) is 11.3 Å². The van der Waals surface area contributed by atoms with E-state index in [2.05, 4.69) is 34.2 Å². The maximum absolute atomic E-state index is 8.88. The van der Waals surface area contributed by atoms with Gasteiger partial charge in [-0.1, -0.05) is 37.3 Å². The second kappa shape index (κ2) is 4.81. The highest BCUT2D eigenvalue weighted by Gasteiger charge is 2.32. The molecule has 0 saturated carbocycles. The Labute approximate surface area is 127 Å². The van der Waals surface area contributed by atoms with Crippen molar-refractivity contribution < 1.29 is 0 Å². The van der Waals surface area contributed by atoms with Crippen LogP contribution in [0.1, 0.15) is 42.4 Å². The van der Waals surface area contributed by atoms with Gasteiger partial charge in [0.1, 0.15) is 11.9 Å². The summed E-state index contributed by atoms with van der Waals surface area (Å²) in [5, 5.41) is 17.6. The summed E-state index contributed by atoms with van der Waals surface area (Å²) in [5.74, 6) is 1.83. The third kappa shape index (κ3) is 1.91. The Morgan fingerprint density at radius 1 is 1.18 bits per heavy atom. The molecule has 1 aliphatic rings. The molecular weight excluding hydrogens is 276 g/mol. The van der Waals surface area contributed by atoms with E-state index >= 15 is 0 Å². The first kappa shape index (κ1) is 12.8. The van der Waals surface area contributed by atoms with Crippen LogP contribution in [-0.2, 0) is 0 Å². The number of benzene rings is 1. The van der Waals surface area contributed by atoms with E-state index < -0.39 is 0 Å². The molecule has 3 heterocycles. The number of nitrogens with zero attached hydrogens (tertiary/aromatic N) is 6. The lowest BCUT2D eigenvalue weighted by Crippen LogP contribution is -2.08. The van der Waals surface area contributed by atoms with E-state index in [-0.39, 0.29) is 6.04 Å². The topological polar surface area (TPSA) is 72.3 Å². The predicted octanol–water partition coefficient (Wildman–Crippen LogP) is 2.43. The van der Waals surface area contributed by atoms with Gasteiger partial charge in [0.25, 0.3) is 5.95 Å². The van der Waals surface area contributed by atoms with Gasteiger partial charge in [-0.2, -0.15) is 15.3 Å². The second-order valence-corrected chi connectivity index (χ2v) is 5.54. The molecule has 22 heavy (non-hydrogen) atoms. The number of fused-ring (bicyclic) bond motifs is 1. The summed E-state index contributed by atoms with van der Waals surface area (Å²) in [4.78, 5) is 4.61. The fourth-order valence-corrected chi connectivity index (χ4v) is 2.97. The first-order chi connectivity index (χ1) is 10.8. The van der Waals surface area contributed by atoms with Crippen LogP contribution in [0.4, 0.5) is 0 Å². The van der Waals surface area contributed by atoms with Crippen molar-refractivity contribution in [2.45, 2.75) is 25.3 Å². The van der Waals surface area contributed by atoms with Gasteiger partial charge in [0, 0.05) is 12.1 Å². The van der Waals surface area contributed by atoms with Crippen molar-refractivity contribution in [2.24, 2.45) is 0 Å². The fourth-order valence-electron chi connectivity index (χ4n) is 2.97. The van der Waals surface area contributed by atoms with Crippen molar-refractivity contribution in [3.05, 3.63) is 59.7 Å². The number of nitriles is 1. The highest BCUT2D eigenvalue weighted by molar-refractivity contribution is 5.27. The summed E-state index contributed by atoms with van der Waals surface area (Å²) in [6.45, 7) is 2.16. The number of rotatable bonds is 2. The van der Waals surface area contributed by atoms with Crippen molar-refractivity contribution in [2.75, 3.05) is 0 Å². The monoisotopic (exact) mass is 290 g/mol. The van der Waals surface area contributed by atoms with Crippen molar-refractivity contribution in [1.29, 1.82) is 5.26 Å². The molecule has 108 valence electrons. The molecule has 0 saturated heterocycles. The minimum Gasteiger partial charge on any atom is -0.240 e. The maximum atomic E-state index is 8.88. The van der Waals surface area contributed by atoms with Crippen LogP contribution in [0.5, 0.6) is 0 Å². The van der Waals surface area contributed by atoms with Gasteiger partial charge < -0.3 is 0 Å². The first-order valence-electron chi connectivity index (χ1n) is 7.24. The lowest BCUT2D eigenvalue weighted by molar-refractivity contribution is 0.538. The normalized spacial score (nSPS) is 19.8. The van der Waals surface area contributed by atoms with Crippen molar-refractivity contribution in [3.63, 3.8) is 0 Å². The first-order valence-corrected chi connectivity index (χ1v) is 7.24. The summed E-state index contributed by atoms with van der Waals surface area (Å²) in [5.41, 5.74) is 1.60. The quantitative estimate of drug-likeness (QED) is 0.726. The van der Waals surface area contributed by atoms with Gasteiger partial charge in [0.2, 0.25) is 0 Å². The molecule has 3 aromatic rings. The van der Waals surface area contributed by atoms with Crippen LogP contribution in [0.3, 0.4) is 0 Å². The smallest absolute Gasteiger partial charge is 0.240 e.